The lowest BCUT2D eigenvalue weighted by molar-refractivity contribution is -0.384. The SMILES string of the molecule is CC(C)CCOc1ccc([N+](=O)[O-])cc1N.Cl. The fourth-order valence-electron chi connectivity index (χ4n) is 1.19. The summed E-state index contributed by atoms with van der Waals surface area (Å²) in [6.07, 6.45) is 0.927. The van der Waals surface area contributed by atoms with E-state index in [-0.39, 0.29) is 18.1 Å². The topological polar surface area (TPSA) is 78.4 Å². The maximum Gasteiger partial charge on any atom is 0.271 e. The van der Waals surface area contributed by atoms with Crippen molar-refractivity contribution in [3.05, 3.63) is 28.3 Å². The highest BCUT2D eigenvalue weighted by Gasteiger charge is 2.09. The van der Waals surface area contributed by atoms with Crippen LogP contribution in [-0.2, 0) is 0 Å². The standard InChI is InChI=1S/C11H16N2O3.ClH/c1-8(2)5-6-16-11-4-3-9(13(14)15)7-10(11)12;/h3-4,7-8H,5-6,12H2,1-2H3;1H. The van der Waals surface area contributed by atoms with E-state index in [0.29, 0.717) is 24.0 Å². The Balaban J connectivity index is 0.00000256. The molecule has 2 N–H and O–H groups in total. The number of benzene rings is 1. The lowest BCUT2D eigenvalue weighted by atomic mass is 10.1. The lowest BCUT2D eigenvalue weighted by Gasteiger charge is -2.09. The van der Waals surface area contributed by atoms with Gasteiger partial charge in [0.05, 0.1) is 17.2 Å². The van der Waals surface area contributed by atoms with E-state index in [1.165, 1.54) is 18.2 Å². The fourth-order valence-corrected chi connectivity index (χ4v) is 1.19. The molecule has 6 heteroatoms. The summed E-state index contributed by atoms with van der Waals surface area (Å²) in [4.78, 5) is 10.00. The maximum absolute atomic E-state index is 10.5. The summed E-state index contributed by atoms with van der Waals surface area (Å²) in [5, 5.41) is 10.5. The minimum absolute atomic E-state index is 0. The molecule has 0 radical (unpaired) electrons. The number of halogens is 1. The molecule has 1 aromatic carbocycles. The molecule has 0 heterocycles. The van der Waals surface area contributed by atoms with Gasteiger partial charge in [-0.25, -0.2) is 0 Å². The second-order valence-electron chi connectivity index (χ2n) is 4.01. The Hall–Kier alpha value is -1.49. The van der Waals surface area contributed by atoms with Crippen molar-refractivity contribution < 1.29 is 9.66 Å². The van der Waals surface area contributed by atoms with Crippen molar-refractivity contribution in [3.63, 3.8) is 0 Å². The summed E-state index contributed by atoms with van der Waals surface area (Å²) in [5.74, 6) is 1.06. The van der Waals surface area contributed by atoms with Gasteiger partial charge in [-0.1, -0.05) is 13.8 Å². The van der Waals surface area contributed by atoms with Crippen LogP contribution in [0.4, 0.5) is 11.4 Å². The number of non-ortho nitro benzene ring substituents is 1. The second kappa shape index (κ2) is 6.96. The average Bonchev–Trinajstić information content (AvgIpc) is 2.19. The van der Waals surface area contributed by atoms with Crippen molar-refractivity contribution in [2.45, 2.75) is 20.3 Å². The predicted molar refractivity (Wildman–Crippen MR) is 69.7 cm³/mol. The molecule has 5 nitrogen and oxygen atoms in total. The molecule has 0 aliphatic carbocycles. The Morgan fingerprint density at radius 3 is 2.59 bits per heavy atom. The average molecular weight is 261 g/mol. The van der Waals surface area contributed by atoms with E-state index < -0.39 is 4.92 Å². The molecule has 17 heavy (non-hydrogen) atoms. The normalized spacial score (nSPS) is 9.82. The zero-order valence-electron chi connectivity index (χ0n) is 9.88. The molecule has 0 saturated heterocycles. The van der Waals surface area contributed by atoms with Crippen molar-refractivity contribution in [2.24, 2.45) is 5.92 Å². The van der Waals surface area contributed by atoms with Crippen molar-refractivity contribution in [1.29, 1.82) is 0 Å². The molecule has 0 fully saturated rings. The van der Waals surface area contributed by atoms with Crippen LogP contribution in [0.5, 0.6) is 5.75 Å². The number of nitrogens with zero attached hydrogens (tertiary/aromatic N) is 1. The molecule has 0 aliphatic rings. The number of nitro benzene ring substituents is 1. The predicted octanol–water partition coefficient (Wildman–Crippen LogP) is 3.02. The van der Waals surface area contributed by atoms with Crippen LogP contribution in [0.3, 0.4) is 0 Å². The highest BCUT2D eigenvalue weighted by Crippen LogP contribution is 2.26. The van der Waals surface area contributed by atoms with Gasteiger partial charge in [0.2, 0.25) is 0 Å². The van der Waals surface area contributed by atoms with Crippen LogP contribution in [0.25, 0.3) is 0 Å². The largest absolute Gasteiger partial charge is 0.491 e. The monoisotopic (exact) mass is 260 g/mol. The third-order valence-corrected chi connectivity index (χ3v) is 2.16. The zero-order valence-corrected chi connectivity index (χ0v) is 10.7. The second-order valence-corrected chi connectivity index (χ2v) is 4.01. The van der Waals surface area contributed by atoms with Crippen molar-refractivity contribution in [3.8, 4) is 5.75 Å². The number of hydrogen-bond donors (Lipinski definition) is 1. The number of anilines is 1. The van der Waals surface area contributed by atoms with Gasteiger partial charge in [0.1, 0.15) is 5.75 Å². The molecular weight excluding hydrogens is 244 g/mol. The zero-order chi connectivity index (χ0) is 12.1. The molecule has 0 aliphatic heterocycles. The van der Waals surface area contributed by atoms with E-state index in [4.69, 9.17) is 10.5 Å². The van der Waals surface area contributed by atoms with Gasteiger partial charge >= 0.3 is 0 Å². The van der Waals surface area contributed by atoms with Crippen LogP contribution in [0, 0.1) is 16.0 Å². The van der Waals surface area contributed by atoms with Gasteiger partial charge in [0.25, 0.3) is 5.69 Å². The Kier molecular flexibility index (Phi) is 6.35. The van der Waals surface area contributed by atoms with Crippen molar-refractivity contribution in [1.82, 2.24) is 0 Å². The number of ether oxygens (including phenoxy) is 1. The Labute approximate surface area is 107 Å². The van der Waals surface area contributed by atoms with E-state index in [2.05, 4.69) is 13.8 Å². The van der Waals surface area contributed by atoms with Crippen LogP contribution < -0.4 is 10.5 Å². The molecule has 0 atom stereocenters. The highest BCUT2D eigenvalue weighted by atomic mass is 35.5. The third-order valence-electron chi connectivity index (χ3n) is 2.16. The van der Waals surface area contributed by atoms with Crippen LogP contribution in [0.1, 0.15) is 20.3 Å². The van der Waals surface area contributed by atoms with Gasteiger partial charge in [-0.3, -0.25) is 10.1 Å². The molecule has 0 spiro atoms. The van der Waals surface area contributed by atoms with E-state index >= 15 is 0 Å². The summed E-state index contributed by atoms with van der Waals surface area (Å²) >= 11 is 0. The first-order valence-electron chi connectivity index (χ1n) is 5.17. The molecule has 0 amide bonds. The molecular formula is C11H17ClN2O3. The van der Waals surface area contributed by atoms with Gasteiger partial charge in [0.15, 0.2) is 0 Å². The van der Waals surface area contributed by atoms with Crippen LogP contribution >= 0.6 is 12.4 Å². The first-order valence-corrected chi connectivity index (χ1v) is 5.17. The van der Waals surface area contributed by atoms with Gasteiger partial charge in [-0.15, -0.1) is 12.4 Å². The molecule has 96 valence electrons. The Morgan fingerprint density at radius 2 is 2.12 bits per heavy atom. The molecule has 1 aromatic rings. The molecule has 0 bridgehead atoms. The quantitative estimate of drug-likeness (QED) is 0.501. The van der Waals surface area contributed by atoms with Crippen molar-refractivity contribution in [2.75, 3.05) is 12.3 Å². The summed E-state index contributed by atoms with van der Waals surface area (Å²) < 4.78 is 5.43. The maximum atomic E-state index is 10.5. The van der Waals surface area contributed by atoms with Gasteiger partial charge in [0, 0.05) is 12.1 Å². The van der Waals surface area contributed by atoms with Crippen LogP contribution in [0.2, 0.25) is 0 Å². The number of hydrogen-bond acceptors (Lipinski definition) is 4. The number of rotatable bonds is 5. The summed E-state index contributed by atoms with van der Waals surface area (Å²) in [7, 11) is 0. The first-order chi connectivity index (χ1) is 7.50. The molecule has 0 aromatic heterocycles. The minimum Gasteiger partial charge on any atom is -0.491 e. The number of nitro groups is 1. The minimum atomic E-state index is -0.478. The molecule has 0 saturated carbocycles. The van der Waals surface area contributed by atoms with E-state index in [0.717, 1.165) is 6.42 Å². The molecule has 0 unspecified atom stereocenters. The summed E-state index contributed by atoms with van der Waals surface area (Å²) in [5.41, 5.74) is 5.93. The summed E-state index contributed by atoms with van der Waals surface area (Å²) in [6, 6.07) is 4.24. The van der Waals surface area contributed by atoms with E-state index in [1.807, 2.05) is 0 Å². The van der Waals surface area contributed by atoms with Gasteiger partial charge < -0.3 is 10.5 Å². The van der Waals surface area contributed by atoms with E-state index in [1.54, 1.807) is 0 Å². The fraction of sp³-hybridized carbons (Fsp3) is 0.455. The van der Waals surface area contributed by atoms with Crippen LogP contribution in [0.15, 0.2) is 18.2 Å². The number of nitrogens with two attached hydrogens (primary N) is 1. The third kappa shape index (κ3) is 4.91. The van der Waals surface area contributed by atoms with Gasteiger partial charge in [-0.05, 0) is 18.4 Å². The molecule has 1 rings (SSSR count). The summed E-state index contributed by atoms with van der Waals surface area (Å²) in [6.45, 7) is 4.77. The van der Waals surface area contributed by atoms with Gasteiger partial charge in [-0.2, -0.15) is 0 Å². The highest BCUT2D eigenvalue weighted by molar-refractivity contribution is 5.85. The van der Waals surface area contributed by atoms with E-state index in [9.17, 15) is 10.1 Å². The smallest absolute Gasteiger partial charge is 0.271 e. The van der Waals surface area contributed by atoms with Crippen molar-refractivity contribution >= 4 is 23.8 Å². The lowest BCUT2D eigenvalue weighted by Crippen LogP contribution is -2.03. The Bertz CT molecular complexity index is 383. The number of nitrogen functional groups attached to an aromatic ring is 1. The van der Waals surface area contributed by atoms with Crippen LogP contribution in [-0.4, -0.2) is 11.5 Å². The first kappa shape index (κ1) is 15.5. The Morgan fingerprint density at radius 1 is 1.47 bits per heavy atom.